The minimum atomic E-state index is -0.249. The summed E-state index contributed by atoms with van der Waals surface area (Å²) in [6, 6.07) is 56.0. The number of aromatic nitrogens is 3. The van der Waals surface area contributed by atoms with Crippen molar-refractivity contribution in [2.24, 2.45) is 0 Å². The third kappa shape index (κ3) is 4.57. The molecule has 0 bridgehead atoms. The van der Waals surface area contributed by atoms with Crippen molar-refractivity contribution in [2.45, 2.75) is 19.3 Å². The standard InChI is InChI=1S/C45H30BN5O.Pt/c1-45(2)36-24-22-32(27-41(36)49-29-48(30-13-5-3-6-14-30)40-21-11-19-37(45)43(40)49)52-33-23-25-39-42(28-33)51-44-35(18-12-26-47-44)34-17-9-10-20-38(34)46(51)50(39)31-15-7-4-8-16-31;/h3-26H,1-2H3;/q-2;. The fraction of sp³-hybridized carbons (Fsp3) is 0.0667. The predicted molar refractivity (Wildman–Crippen MR) is 206 cm³/mol. The summed E-state index contributed by atoms with van der Waals surface area (Å²) in [6.07, 6.45) is 5.52. The van der Waals surface area contributed by atoms with Crippen LogP contribution in [-0.4, -0.2) is 16.5 Å². The van der Waals surface area contributed by atoms with Crippen LogP contribution in [-0.2, 0) is 26.5 Å². The van der Waals surface area contributed by atoms with E-state index in [0.29, 0.717) is 11.5 Å². The number of imidazole rings is 1. The quantitative estimate of drug-likeness (QED) is 0.101. The van der Waals surface area contributed by atoms with Crippen molar-refractivity contribution in [3.05, 3.63) is 175 Å². The fourth-order valence-electron chi connectivity index (χ4n) is 8.46. The van der Waals surface area contributed by atoms with Gasteiger partial charge in [-0.25, -0.2) is 4.98 Å². The second kappa shape index (κ2) is 11.8. The van der Waals surface area contributed by atoms with E-state index in [1.807, 2.05) is 30.5 Å². The van der Waals surface area contributed by atoms with E-state index in [4.69, 9.17) is 9.72 Å². The van der Waals surface area contributed by atoms with Crippen molar-refractivity contribution < 1.29 is 30.4 Å². The van der Waals surface area contributed by atoms with E-state index in [-0.39, 0.29) is 33.5 Å². The first-order chi connectivity index (χ1) is 25.6. The zero-order chi connectivity index (χ0) is 34.6. The molecule has 256 valence electrons. The van der Waals surface area contributed by atoms with Gasteiger partial charge in [-0.05, 0) is 64.1 Å². The molecule has 8 aromatic rings. The summed E-state index contributed by atoms with van der Waals surface area (Å²) in [6.45, 7) is 4.43. The average molecular weight is 863 g/mol. The molecule has 6 nitrogen and oxygen atoms in total. The van der Waals surface area contributed by atoms with Crippen LogP contribution in [0.1, 0.15) is 25.0 Å². The number of anilines is 4. The Morgan fingerprint density at radius 2 is 1.38 bits per heavy atom. The van der Waals surface area contributed by atoms with Crippen molar-refractivity contribution >= 4 is 46.4 Å². The van der Waals surface area contributed by atoms with E-state index in [1.54, 1.807) is 0 Å². The number of pyridine rings is 1. The number of hydrogen-bond acceptors (Lipinski definition) is 4. The van der Waals surface area contributed by atoms with E-state index < -0.39 is 0 Å². The third-order valence-corrected chi connectivity index (χ3v) is 10.8. The maximum Gasteiger partial charge on any atom is 0.409 e. The van der Waals surface area contributed by atoms with Crippen LogP contribution in [0, 0.1) is 18.5 Å². The minimum Gasteiger partial charge on any atom is -0.510 e. The second-order valence-electron chi connectivity index (χ2n) is 14.1. The topological polar surface area (TPSA) is 37.4 Å². The van der Waals surface area contributed by atoms with Gasteiger partial charge in [0.15, 0.2) is 0 Å². The van der Waals surface area contributed by atoms with Gasteiger partial charge < -0.3 is 18.9 Å². The Kier molecular flexibility index (Phi) is 7.08. The monoisotopic (exact) mass is 862 g/mol. The maximum atomic E-state index is 6.68. The first kappa shape index (κ1) is 31.8. The van der Waals surface area contributed by atoms with Gasteiger partial charge in [0, 0.05) is 50.0 Å². The molecule has 0 amide bonds. The molecule has 8 heteroatoms. The largest absolute Gasteiger partial charge is 0.510 e. The van der Waals surface area contributed by atoms with Gasteiger partial charge >= 0.3 is 6.98 Å². The molecule has 6 aromatic carbocycles. The molecule has 0 radical (unpaired) electrons. The smallest absolute Gasteiger partial charge is 0.409 e. The molecule has 53 heavy (non-hydrogen) atoms. The van der Waals surface area contributed by atoms with E-state index in [9.17, 15) is 0 Å². The van der Waals surface area contributed by atoms with E-state index in [2.05, 4.69) is 166 Å². The molecule has 3 aliphatic rings. The molecule has 0 aliphatic carbocycles. The first-order valence-corrected chi connectivity index (χ1v) is 17.6. The van der Waals surface area contributed by atoms with Gasteiger partial charge in [0.05, 0.1) is 16.7 Å². The van der Waals surface area contributed by atoms with Crippen LogP contribution in [0.5, 0.6) is 11.5 Å². The number of rotatable bonds is 4. The zero-order valence-electron chi connectivity index (χ0n) is 28.9. The normalized spacial score (nSPS) is 14.1. The van der Waals surface area contributed by atoms with Crippen molar-refractivity contribution in [1.29, 1.82) is 0 Å². The van der Waals surface area contributed by atoms with Gasteiger partial charge in [-0.15, -0.1) is 35.9 Å². The van der Waals surface area contributed by atoms with Crippen LogP contribution in [0.2, 0.25) is 0 Å². The van der Waals surface area contributed by atoms with Crippen LogP contribution in [0.4, 0.5) is 22.9 Å². The van der Waals surface area contributed by atoms with Crippen molar-refractivity contribution in [3.8, 4) is 34.0 Å². The average Bonchev–Trinajstić information content (AvgIpc) is 3.75. The van der Waals surface area contributed by atoms with Crippen molar-refractivity contribution in [3.63, 3.8) is 0 Å². The Morgan fingerprint density at radius 1 is 0.660 bits per heavy atom. The summed E-state index contributed by atoms with van der Waals surface area (Å²) in [4.78, 5) is 9.63. The molecule has 0 saturated heterocycles. The SMILES string of the molecule is CC1(C)c2ccc(Oc3[c-]c4c(cc3)N(c3ccccc3)B3c5ccccc5-c5cccnc5N34)[c-]c2-n2[c-][n+](-c3ccccc3)c3cccc1c32.[Pt]. The summed E-state index contributed by atoms with van der Waals surface area (Å²) in [5, 5.41) is 0. The third-order valence-electron chi connectivity index (χ3n) is 10.8. The van der Waals surface area contributed by atoms with Gasteiger partial charge in [0.25, 0.3) is 6.33 Å². The maximum absolute atomic E-state index is 6.68. The summed E-state index contributed by atoms with van der Waals surface area (Å²) in [5.41, 5.74) is 13.0. The molecule has 11 rings (SSSR count). The molecular formula is C45H30BN5OPt-2. The first-order valence-electron chi connectivity index (χ1n) is 17.6. The van der Waals surface area contributed by atoms with Crippen LogP contribution >= 0.6 is 0 Å². The molecule has 3 aliphatic heterocycles. The molecule has 0 spiro atoms. The van der Waals surface area contributed by atoms with E-state index >= 15 is 0 Å². The fourth-order valence-corrected chi connectivity index (χ4v) is 8.46. The van der Waals surface area contributed by atoms with E-state index in [1.165, 1.54) is 22.2 Å². The van der Waals surface area contributed by atoms with Gasteiger partial charge in [-0.3, -0.25) is 4.57 Å². The van der Waals surface area contributed by atoms with Crippen LogP contribution in [0.25, 0.3) is 33.5 Å². The number of fused-ring (bicyclic) bond motifs is 10. The molecule has 0 saturated carbocycles. The molecule has 0 N–H and O–H groups in total. The molecule has 0 fully saturated rings. The van der Waals surface area contributed by atoms with Gasteiger partial charge in [-0.2, -0.15) is 6.07 Å². The van der Waals surface area contributed by atoms with Gasteiger partial charge in [0.2, 0.25) is 0 Å². The van der Waals surface area contributed by atoms with Crippen LogP contribution in [0.3, 0.4) is 0 Å². The Balaban J connectivity index is 0.00000349. The molecular weight excluding hydrogens is 832 g/mol. The van der Waals surface area contributed by atoms with Crippen LogP contribution in [0.15, 0.2) is 146 Å². The second-order valence-corrected chi connectivity index (χ2v) is 14.1. The Morgan fingerprint density at radius 3 is 2.21 bits per heavy atom. The predicted octanol–water partition coefficient (Wildman–Crippen LogP) is 8.80. The number of benzene rings is 6. The summed E-state index contributed by atoms with van der Waals surface area (Å²) in [7, 11) is 0. The summed E-state index contributed by atoms with van der Waals surface area (Å²) < 4.78 is 11.0. The Hall–Kier alpha value is -5.91. The van der Waals surface area contributed by atoms with Crippen LogP contribution < -0.4 is 24.4 Å². The summed E-state index contributed by atoms with van der Waals surface area (Å²) in [5.74, 6) is 2.12. The molecule has 2 aromatic heterocycles. The zero-order valence-corrected chi connectivity index (χ0v) is 31.2. The Bertz CT molecular complexity index is 2730. The molecule has 0 atom stereocenters. The number of para-hydroxylation sites is 3. The number of hydrogen-bond donors (Lipinski definition) is 0. The summed E-state index contributed by atoms with van der Waals surface area (Å²) >= 11 is 0. The number of nitrogens with zero attached hydrogens (tertiary/aromatic N) is 5. The van der Waals surface area contributed by atoms with E-state index in [0.717, 1.165) is 50.9 Å². The van der Waals surface area contributed by atoms with Gasteiger partial charge in [0.1, 0.15) is 5.82 Å². The van der Waals surface area contributed by atoms with Crippen molar-refractivity contribution in [1.82, 2.24) is 9.55 Å². The minimum absolute atomic E-state index is 0. The Labute approximate surface area is 322 Å². The van der Waals surface area contributed by atoms with Crippen molar-refractivity contribution in [2.75, 3.05) is 9.62 Å². The number of ether oxygens (including phenoxy) is 1. The molecule has 5 heterocycles. The van der Waals surface area contributed by atoms with Gasteiger partial charge in [-0.1, -0.05) is 104 Å². The molecule has 0 unspecified atom stereocenters.